The number of amides is 1. The minimum Gasteiger partial charge on any atom is -0.493 e. The summed E-state index contributed by atoms with van der Waals surface area (Å²) in [6.45, 7) is 2.01. The van der Waals surface area contributed by atoms with Crippen molar-refractivity contribution < 1.29 is 23.8 Å². The predicted octanol–water partition coefficient (Wildman–Crippen LogP) is 2.80. The van der Waals surface area contributed by atoms with E-state index in [4.69, 9.17) is 14.2 Å². The van der Waals surface area contributed by atoms with Crippen LogP contribution in [0.5, 0.6) is 11.5 Å². The largest absolute Gasteiger partial charge is 0.493 e. The van der Waals surface area contributed by atoms with Crippen molar-refractivity contribution in [1.82, 2.24) is 5.32 Å². The SMILES string of the molecule is COc1ccc2c3c1O[C@H]1C(OC)[C@](C)(C=O)CC4[C@@H](C2)C(NC(=O)C2CC2)CC[C@@]341. The van der Waals surface area contributed by atoms with Gasteiger partial charge >= 0.3 is 0 Å². The summed E-state index contributed by atoms with van der Waals surface area (Å²) in [5, 5.41) is 3.40. The summed E-state index contributed by atoms with van der Waals surface area (Å²) in [5.74, 6) is 2.57. The zero-order valence-electron chi connectivity index (χ0n) is 18.5. The molecule has 1 aromatic rings. The second-order valence-corrected chi connectivity index (χ2v) is 10.6. The van der Waals surface area contributed by atoms with Crippen LogP contribution in [0.3, 0.4) is 0 Å². The first-order valence-electron chi connectivity index (χ1n) is 11.6. The lowest BCUT2D eigenvalue weighted by atomic mass is 9.43. The van der Waals surface area contributed by atoms with Crippen molar-refractivity contribution in [3.8, 4) is 11.5 Å². The van der Waals surface area contributed by atoms with E-state index in [1.54, 1.807) is 14.2 Å². The Morgan fingerprint density at radius 1 is 1.26 bits per heavy atom. The molecule has 166 valence electrons. The monoisotopic (exact) mass is 425 g/mol. The first kappa shape index (κ1) is 19.6. The number of ether oxygens (including phenoxy) is 3. The topological polar surface area (TPSA) is 73.9 Å². The lowest BCUT2D eigenvalue weighted by Gasteiger charge is -2.61. The summed E-state index contributed by atoms with van der Waals surface area (Å²) in [7, 11) is 3.37. The van der Waals surface area contributed by atoms with E-state index in [-0.39, 0.29) is 41.4 Å². The van der Waals surface area contributed by atoms with E-state index in [0.717, 1.165) is 56.3 Å². The van der Waals surface area contributed by atoms with Crippen LogP contribution in [0.1, 0.15) is 50.2 Å². The number of aldehydes is 1. The van der Waals surface area contributed by atoms with Gasteiger partial charge < -0.3 is 24.3 Å². The Bertz CT molecular complexity index is 957. The zero-order chi connectivity index (χ0) is 21.5. The number of benzene rings is 1. The molecular weight excluding hydrogens is 394 g/mol. The van der Waals surface area contributed by atoms with Gasteiger partial charge in [0.2, 0.25) is 5.91 Å². The summed E-state index contributed by atoms with van der Waals surface area (Å²) in [5.41, 5.74) is 1.77. The van der Waals surface area contributed by atoms with Crippen molar-refractivity contribution in [3.63, 3.8) is 0 Å². The van der Waals surface area contributed by atoms with Crippen molar-refractivity contribution in [3.05, 3.63) is 23.3 Å². The van der Waals surface area contributed by atoms with Gasteiger partial charge in [0, 0.05) is 30.0 Å². The minimum atomic E-state index is -0.624. The molecule has 1 N–H and O–H groups in total. The van der Waals surface area contributed by atoms with Crippen molar-refractivity contribution >= 4 is 12.2 Å². The Balaban J connectivity index is 1.50. The van der Waals surface area contributed by atoms with Crippen LogP contribution < -0.4 is 14.8 Å². The van der Waals surface area contributed by atoms with Gasteiger partial charge in [0.25, 0.3) is 0 Å². The molecule has 1 spiro atoms. The maximum atomic E-state index is 12.7. The number of carbonyl (C=O) groups excluding carboxylic acids is 2. The van der Waals surface area contributed by atoms with E-state index in [9.17, 15) is 9.59 Å². The number of methoxy groups -OCH3 is 2. The summed E-state index contributed by atoms with van der Waals surface area (Å²) < 4.78 is 18.3. The van der Waals surface area contributed by atoms with Gasteiger partial charge in [-0.05, 0) is 62.0 Å². The van der Waals surface area contributed by atoms with E-state index in [1.165, 1.54) is 11.1 Å². The molecular formula is C25H31NO5. The average molecular weight is 426 g/mol. The summed E-state index contributed by atoms with van der Waals surface area (Å²) in [4.78, 5) is 25.0. The van der Waals surface area contributed by atoms with Crippen LogP contribution in [0, 0.1) is 23.2 Å². The third-order valence-corrected chi connectivity index (χ3v) is 9.05. The summed E-state index contributed by atoms with van der Waals surface area (Å²) in [6.07, 6.45) is 6.07. The first-order chi connectivity index (χ1) is 15.0. The highest BCUT2D eigenvalue weighted by atomic mass is 16.6. The average Bonchev–Trinajstić information content (AvgIpc) is 3.56. The van der Waals surface area contributed by atoms with Crippen molar-refractivity contribution in [1.29, 1.82) is 0 Å². The van der Waals surface area contributed by atoms with Gasteiger partial charge in [0.15, 0.2) is 11.5 Å². The Morgan fingerprint density at radius 3 is 2.74 bits per heavy atom. The second kappa shape index (κ2) is 6.47. The van der Waals surface area contributed by atoms with Gasteiger partial charge in [-0.15, -0.1) is 0 Å². The molecule has 1 aliphatic heterocycles. The van der Waals surface area contributed by atoms with Crippen LogP contribution in [0.25, 0.3) is 0 Å². The second-order valence-electron chi connectivity index (χ2n) is 10.6. The molecule has 3 unspecified atom stereocenters. The molecule has 6 rings (SSSR count). The van der Waals surface area contributed by atoms with Crippen LogP contribution in [-0.2, 0) is 26.2 Å². The van der Waals surface area contributed by atoms with Crippen LogP contribution in [-0.4, -0.2) is 44.7 Å². The number of nitrogens with one attached hydrogen (secondary N) is 1. The molecule has 4 aliphatic carbocycles. The molecule has 0 aromatic heterocycles. The molecule has 2 bridgehead atoms. The maximum Gasteiger partial charge on any atom is 0.223 e. The highest BCUT2D eigenvalue weighted by molar-refractivity contribution is 5.81. The Kier molecular flexibility index (Phi) is 4.09. The quantitative estimate of drug-likeness (QED) is 0.735. The highest BCUT2D eigenvalue weighted by Crippen LogP contribution is 2.68. The minimum absolute atomic E-state index is 0.152. The number of hydrogen-bond acceptors (Lipinski definition) is 5. The molecule has 31 heavy (non-hydrogen) atoms. The van der Waals surface area contributed by atoms with Gasteiger partial charge in [-0.3, -0.25) is 4.79 Å². The first-order valence-corrected chi connectivity index (χ1v) is 11.6. The normalized spacial score (nSPS) is 41.7. The molecule has 6 heteroatoms. The van der Waals surface area contributed by atoms with Crippen LogP contribution in [0.4, 0.5) is 0 Å². The van der Waals surface area contributed by atoms with E-state index in [2.05, 4.69) is 11.4 Å². The summed E-state index contributed by atoms with van der Waals surface area (Å²) >= 11 is 0. The molecule has 3 saturated carbocycles. The molecule has 6 nitrogen and oxygen atoms in total. The summed E-state index contributed by atoms with van der Waals surface area (Å²) in [6, 6.07) is 4.32. The Morgan fingerprint density at radius 2 is 2.06 bits per heavy atom. The highest BCUT2D eigenvalue weighted by Gasteiger charge is 2.70. The number of carbonyl (C=O) groups is 2. The van der Waals surface area contributed by atoms with E-state index < -0.39 is 5.41 Å². The third kappa shape index (κ3) is 2.43. The molecule has 1 aromatic carbocycles. The smallest absolute Gasteiger partial charge is 0.223 e. The molecule has 7 atom stereocenters. The zero-order valence-corrected chi connectivity index (χ0v) is 18.5. The van der Waals surface area contributed by atoms with Crippen LogP contribution in [0.2, 0.25) is 0 Å². The van der Waals surface area contributed by atoms with E-state index in [1.807, 2.05) is 13.0 Å². The molecule has 3 fully saturated rings. The fourth-order valence-corrected chi connectivity index (χ4v) is 7.53. The number of hydrogen-bond donors (Lipinski definition) is 1. The number of rotatable bonds is 5. The predicted molar refractivity (Wildman–Crippen MR) is 113 cm³/mol. The van der Waals surface area contributed by atoms with E-state index in [0.29, 0.717) is 5.92 Å². The van der Waals surface area contributed by atoms with Crippen molar-refractivity contribution in [2.75, 3.05) is 14.2 Å². The molecule has 1 heterocycles. The Labute approximate surface area is 183 Å². The van der Waals surface area contributed by atoms with Crippen molar-refractivity contribution in [2.45, 2.75) is 69.1 Å². The van der Waals surface area contributed by atoms with Gasteiger partial charge in [-0.25, -0.2) is 0 Å². The van der Waals surface area contributed by atoms with Crippen LogP contribution in [0.15, 0.2) is 12.1 Å². The molecule has 1 amide bonds. The standard InChI is InChI=1S/C25H31NO5/c1-24(12-27)11-16-15-10-14-6-7-18(29-2)20-19(14)25(16,22(31-20)21(24)30-3)9-8-17(15)26-23(28)13-4-5-13/h6-7,12-13,15-17,21-22H,4-5,8-11H2,1-3H3,(H,26,28)/t15-,16?,17?,21?,22+,24+,25+/m1/s1. The van der Waals surface area contributed by atoms with Crippen LogP contribution >= 0.6 is 0 Å². The molecule has 0 radical (unpaired) electrons. The maximum absolute atomic E-state index is 12.7. The lowest BCUT2D eigenvalue weighted by Crippen LogP contribution is -2.69. The Hall–Kier alpha value is -2.08. The third-order valence-electron chi connectivity index (χ3n) is 9.05. The molecule has 5 aliphatic rings. The fourth-order valence-electron chi connectivity index (χ4n) is 7.53. The molecule has 0 saturated heterocycles. The fraction of sp³-hybridized carbons (Fsp3) is 0.680. The van der Waals surface area contributed by atoms with Gasteiger partial charge in [0.05, 0.1) is 12.5 Å². The van der Waals surface area contributed by atoms with E-state index >= 15 is 0 Å². The van der Waals surface area contributed by atoms with Gasteiger partial charge in [-0.2, -0.15) is 0 Å². The van der Waals surface area contributed by atoms with Crippen molar-refractivity contribution in [2.24, 2.45) is 23.2 Å². The van der Waals surface area contributed by atoms with Gasteiger partial charge in [-0.1, -0.05) is 13.0 Å². The lowest BCUT2D eigenvalue weighted by molar-refractivity contribution is -0.171. The van der Waals surface area contributed by atoms with Gasteiger partial charge in [0.1, 0.15) is 18.5 Å².